The van der Waals surface area contributed by atoms with Gasteiger partial charge in [0.25, 0.3) is 0 Å². The lowest BCUT2D eigenvalue weighted by Gasteiger charge is -2.38. The second-order valence-electron chi connectivity index (χ2n) is 7.67. The Morgan fingerprint density at radius 3 is 2.42 bits per heavy atom. The second-order valence-corrected chi connectivity index (χ2v) is 7.67. The monoisotopic (exact) mass is 367 g/mol. The molecule has 0 amide bonds. The minimum Gasteiger partial charge on any atom is -0.379 e. The summed E-state index contributed by atoms with van der Waals surface area (Å²) in [6.07, 6.45) is 5.02. The van der Waals surface area contributed by atoms with Gasteiger partial charge in [0.05, 0.1) is 19.8 Å². The zero-order valence-electron chi connectivity index (χ0n) is 17.5. The van der Waals surface area contributed by atoms with Gasteiger partial charge in [0, 0.05) is 38.3 Å². The zero-order valence-corrected chi connectivity index (χ0v) is 17.5. The number of aliphatic imine (C=N–C) groups is 1. The van der Waals surface area contributed by atoms with Crippen LogP contribution in [0.2, 0.25) is 0 Å². The minimum atomic E-state index is 0.513. The molecule has 2 atom stereocenters. The average molecular weight is 368 g/mol. The van der Waals surface area contributed by atoms with Crippen LogP contribution in [0.3, 0.4) is 0 Å². The number of nitrogens with zero attached hydrogens (tertiary/aromatic N) is 3. The van der Waals surface area contributed by atoms with Gasteiger partial charge in [0.1, 0.15) is 0 Å². The third kappa shape index (κ3) is 6.39. The molecule has 2 fully saturated rings. The van der Waals surface area contributed by atoms with Crippen molar-refractivity contribution >= 4 is 5.96 Å². The molecule has 6 nitrogen and oxygen atoms in total. The Morgan fingerprint density at radius 1 is 1.12 bits per heavy atom. The van der Waals surface area contributed by atoms with Gasteiger partial charge in [-0.25, -0.2) is 0 Å². The molecule has 2 aliphatic heterocycles. The fraction of sp³-hybridized carbons (Fsp3) is 0.950. The molecule has 152 valence electrons. The summed E-state index contributed by atoms with van der Waals surface area (Å²) in [5, 5.41) is 7.01. The Bertz CT molecular complexity index is 407. The smallest absolute Gasteiger partial charge is 0.191 e. The molecule has 0 radical (unpaired) electrons. The SMILES string of the molecule is CCNC(=NCC(C(CC)CC)N1CCOCC1)NCC1CCCN1C. The molecule has 6 heteroatoms. The molecule has 0 aromatic carbocycles. The first kappa shape index (κ1) is 21.5. The summed E-state index contributed by atoms with van der Waals surface area (Å²) in [4.78, 5) is 10.0. The maximum atomic E-state index is 5.56. The fourth-order valence-corrected chi connectivity index (χ4v) is 4.28. The van der Waals surface area contributed by atoms with Crippen LogP contribution in [-0.4, -0.2) is 87.4 Å². The van der Waals surface area contributed by atoms with E-state index in [4.69, 9.17) is 9.73 Å². The van der Waals surface area contributed by atoms with E-state index in [0.717, 1.165) is 51.9 Å². The van der Waals surface area contributed by atoms with Gasteiger partial charge in [-0.1, -0.05) is 26.7 Å². The zero-order chi connectivity index (χ0) is 18.8. The second kappa shape index (κ2) is 11.8. The van der Waals surface area contributed by atoms with Gasteiger partial charge < -0.3 is 20.3 Å². The largest absolute Gasteiger partial charge is 0.379 e. The molecule has 2 rings (SSSR count). The molecule has 26 heavy (non-hydrogen) atoms. The topological polar surface area (TPSA) is 52.1 Å². The quantitative estimate of drug-likeness (QED) is 0.481. The van der Waals surface area contributed by atoms with Crippen LogP contribution in [0.4, 0.5) is 0 Å². The third-order valence-electron chi connectivity index (χ3n) is 6.06. The highest BCUT2D eigenvalue weighted by Crippen LogP contribution is 2.20. The number of likely N-dealkylation sites (tertiary alicyclic amines) is 1. The summed E-state index contributed by atoms with van der Waals surface area (Å²) in [6, 6.07) is 1.14. The van der Waals surface area contributed by atoms with Crippen LogP contribution in [0.5, 0.6) is 0 Å². The van der Waals surface area contributed by atoms with Crippen LogP contribution < -0.4 is 10.6 Å². The summed E-state index contributed by atoms with van der Waals surface area (Å²) in [7, 11) is 2.23. The maximum Gasteiger partial charge on any atom is 0.191 e. The third-order valence-corrected chi connectivity index (χ3v) is 6.06. The molecule has 2 aliphatic rings. The van der Waals surface area contributed by atoms with Crippen LogP contribution in [0.1, 0.15) is 46.5 Å². The van der Waals surface area contributed by atoms with Crippen molar-refractivity contribution in [2.45, 2.75) is 58.5 Å². The van der Waals surface area contributed by atoms with E-state index in [1.54, 1.807) is 0 Å². The molecule has 2 N–H and O–H groups in total. The highest BCUT2D eigenvalue weighted by molar-refractivity contribution is 5.79. The molecule has 0 aliphatic carbocycles. The van der Waals surface area contributed by atoms with Crippen molar-refractivity contribution in [1.29, 1.82) is 0 Å². The maximum absolute atomic E-state index is 5.56. The number of nitrogens with one attached hydrogen (secondary N) is 2. The van der Waals surface area contributed by atoms with Gasteiger partial charge in [-0.3, -0.25) is 9.89 Å². The number of ether oxygens (including phenoxy) is 1. The Morgan fingerprint density at radius 2 is 1.85 bits per heavy atom. The molecule has 0 aromatic rings. The summed E-state index contributed by atoms with van der Waals surface area (Å²) in [5.41, 5.74) is 0. The molecule has 0 saturated carbocycles. The van der Waals surface area contributed by atoms with Crippen molar-refractivity contribution in [3.05, 3.63) is 0 Å². The number of morpholine rings is 1. The van der Waals surface area contributed by atoms with Gasteiger partial charge in [0.15, 0.2) is 5.96 Å². The molecule has 0 spiro atoms. The Balaban J connectivity index is 1.97. The van der Waals surface area contributed by atoms with E-state index in [0.29, 0.717) is 18.0 Å². The van der Waals surface area contributed by atoms with Gasteiger partial charge in [-0.05, 0) is 39.3 Å². The van der Waals surface area contributed by atoms with Gasteiger partial charge in [0.2, 0.25) is 0 Å². The standard InChI is InChI=1S/C20H41N5O/c1-5-17(6-2)19(25-11-13-26-14-12-25)16-23-20(21-7-3)22-15-18-9-8-10-24(18)4/h17-19H,5-16H2,1-4H3,(H2,21,22,23). The highest BCUT2D eigenvalue weighted by Gasteiger charge is 2.27. The van der Waals surface area contributed by atoms with Crippen molar-refractivity contribution in [3.63, 3.8) is 0 Å². The number of hydrogen-bond acceptors (Lipinski definition) is 4. The Labute approximate surface area is 160 Å². The Hall–Kier alpha value is -0.850. The van der Waals surface area contributed by atoms with Gasteiger partial charge in [-0.2, -0.15) is 0 Å². The number of guanidine groups is 1. The number of hydrogen-bond donors (Lipinski definition) is 2. The molecule has 0 bridgehead atoms. The molecular formula is C20H41N5O. The van der Waals surface area contributed by atoms with Crippen molar-refractivity contribution in [1.82, 2.24) is 20.4 Å². The molecule has 2 unspecified atom stereocenters. The predicted octanol–water partition coefficient (Wildman–Crippen LogP) is 1.77. The van der Waals surface area contributed by atoms with Crippen LogP contribution >= 0.6 is 0 Å². The van der Waals surface area contributed by atoms with Crippen molar-refractivity contribution in [2.24, 2.45) is 10.9 Å². The highest BCUT2D eigenvalue weighted by atomic mass is 16.5. The lowest BCUT2D eigenvalue weighted by Crippen LogP contribution is -2.49. The first-order valence-electron chi connectivity index (χ1n) is 10.7. The summed E-state index contributed by atoms with van der Waals surface area (Å²) < 4.78 is 5.56. The number of likely N-dealkylation sites (N-methyl/N-ethyl adjacent to an activating group) is 1. The van der Waals surface area contributed by atoms with Gasteiger partial charge in [-0.15, -0.1) is 0 Å². The van der Waals surface area contributed by atoms with Crippen LogP contribution in [0.25, 0.3) is 0 Å². The molecule has 0 aromatic heterocycles. The summed E-state index contributed by atoms with van der Waals surface area (Å²) in [5.74, 6) is 1.66. The molecular weight excluding hydrogens is 326 g/mol. The van der Waals surface area contributed by atoms with Crippen molar-refractivity contribution in [3.8, 4) is 0 Å². The molecule has 2 saturated heterocycles. The Kier molecular flexibility index (Phi) is 9.72. The minimum absolute atomic E-state index is 0.513. The van der Waals surface area contributed by atoms with E-state index < -0.39 is 0 Å². The van der Waals surface area contributed by atoms with Crippen LogP contribution in [0, 0.1) is 5.92 Å². The normalized spacial score (nSPS) is 24.2. The van der Waals surface area contributed by atoms with Gasteiger partial charge >= 0.3 is 0 Å². The summed E-state index contributed by atoms with van der Waals surface area (Å²) in [6.45, 7) is 14.5. The molecule has 2 heterocycles. The van der Waals surface area contributed by atoms with E-state index >= 15 is 0 Å². The summed E-state index contributed by atoms with van der Waals surface area (Å²) >= 11 is 0. The van der Waals surface area contributed by atoms with E-state index in [1.807, 2.05) is 0 Å². The predicted molar refractivity (Wildman–Crippen MR) is 110 cm³/mol. The van der Waals surface area contributed by atoms with Crippen molar-refractivity contribution in [2.75, 3.05) is 59.5 Å². The van der Waals surface area contributed by atoms with Crippen LogP contribution in [0.15, 0.2) is 4.99 Å². The van der Waals surface area contributed by atoms with Crippen molar-refractivity contribution < 1.29 is 4.74 Å². The number of rotatable bonds is 9. The lowest BCUT2D eigenvalue weighted by atomic mass is 9.92. The lowest BCUT2D eigenvalue weighted by molar-refractivity contribution is 0.00395. The van der Waals surface area contributed by atoms with E-state index in [-0.39, 0.29) is 0 Å². The van der Waals surface area contributed by atoms with E-state index in [9.17, 15) is 0 Å². The fourth-order valence-electron chi connectivity index (χ4n) is 4.28. The first-order valence-corrected chi connectivity index (χ1v) is 10.7. The van der Waals surface area contributed by atoms with Crippen LogP contribution in [-0.2, 0) is 4.74 Å². The average Bonchev–Trinajstić information content (AvgIpc) is 3.08. The first-order chi connectivity index (χ1) is 12.7. The van der Waals surface area contributed by atoms with E-state index in [1.165, 1.54) is 32.2 Å². The van der Waals surface area contributed by atoms with E-state index in [2.05, 4.69) is 48.3 Å².